The average Bonchev–Trinajstić information content (AvgIpc) is 2.00. The summed E-state index contributed by atoms with van der Waals surface area (Å²) in [5, 5.41) is 8.33. The summed E-state index contributed by atoms with van der Waals surface area (Å²) in [4.78, 5) is 10.8. The number of ether oxygens (including phenoxy) is 1. The molecule has 11 heavy (non-hydrogen) atoms. The van der Waals surface area contributed by atoms with E-state index in [4.69, 9.17) is 5.11 Å². The highest BCUT2D eigenvalue weighted by Crippen LogP contribution is 2.06. The molecule has 0 radical (unpaired) electrons. The van der Waals surface area contributed by atoms with Gasteiger partial charge in [-0.05, 0) is 5.92 Å². The lowest BCUT2D eigenvalue weighted by Gasteiger charge is -2.06. The quantitative estimate of drug-likeness (QED) is 0.609. The van der Waals surface area contributed by atoms with Crippen LogP contribution in [0.1, 0.15) is 26.7 Å². The Morgan fingerprint density at radius 2 is 2.27 bits per heavy atom. The molecule has 1 atom stereocenters. The second kappa shape index (κ2) is 6.16. The van der Waals surface area contributed by atoms with Crippen molar-refractivity contribution < 1.29 is 14.6 Å². The van der Waals surface area contributed by atoms with Crippen LogP contribution in [0.5, 0.6) is 0 Å². The smallest absolute Gasteiger partial charge is 0.306 e. The third-order valence-corrected chi connectivity index (χ3v) is 1.57. The summed E-state index contributed by atoms with van der Waals surface area (Å²) >= 11 is 0. The molecule has 1 unspecified atom stereocenters. The monoisotopic (exact) mass is 160 g/mol. The molecule has 0 aromatic carbocycles. The maximum atomic E-state index is 10.8. The van der Waals surface area contributed by atoms with Crippen LogP contribution in [0.4, 0.5) is 0 Å². The zero-order valence-corrected chi connectivity index (χ0v) is 7.17. The van der Waals surface area contributed by atoms with Crippen molar-refractivity contribution in [1.29, 1.82) is 0 Å². The minimum atomic E-state index is -0.214. The van der Waals surface area contributed by atoms with Crippen LogP contribution in [0.25, 0.3) is 0 Å². The molecule has 0 rings (SSSR count). The Morgan fingerprint density at radius 3 is 2.73 bits per heavy atom. The lowest BCUT2D eigenvalue weighted by molar-refractivity contribution is -0.145. The van der Waals surface area contributed by atoms with Crippen molar-refractivity contribution in [3.05, 3.63) is 0 Å². The van der Waals surface area contributed by atoms with Crippen LogP contribution in [0.15, 0.2) is 0 Å². The third kappa shape index (κ3) is 5.85. The van der Waals surface area contributed by atoms with Crippen LogP contribution in [-0.2, 0) is 9.53 Å². The van der Waals surface area contributed by atoms with Gasteiger partial charge < -0.3 is 9.84 Å². The van der Waals surface area contributed by atoms with Gasteiger partial charge in [0.25, 0.3) is 0 Å². The van der Waals surface area contributed by atoms with Gasteiger partial charge in [-0.25, -0.2) is 0 Å². The van der Waals surface area contributed by atoms with Crippen LogP contribution < -0.4 is 0 Å². The van der Waals surface area contributed by atoms with Crippen molar-refractivity contribution in [2.75, 3.05) is 13.2 Å². The van der Waals surface area contributed by atoms with E-state index >= 15 is 0 Å². The van der Waals surface area contributed by atoms with Crippen LogP contribution in [-0.4, -0.2) is 24.3 Å². The van der Waals surface area contributed by atoms with E-state index in [1.165, 1.54) is 0 Å². The second-order valence-electron chi connectivity index (χ2n) is 2.66. The molecule has 0 amide bonds. The highest BCUT2D eigenvalue weighted by atomic mass is 16.5. The number of hydrogen-bond donors (Lipinski definition) is 1. The molecule has 3 nitrogen and oxygen atoms in total. The average molecular weight is 160 g/mol. The van der Waals surface area contributed by atoms with Gasteiger partial charge in [0, 0.05) is 6.42 Å². The normalized spacial score (nSPS) is 12.6. The van der Waals surface area contributed by atoms with E-state index in [1.807, 2.05) is 13.8 Å². The second-order valence-corrected chi connectivity index (χ2v) is 2.66. The van der Waals surface area contributed by atoms with Crippen LogP contribution in [0.3, 0.4) is 0 Å². The van der Waals surface area contributed by atoms with Gasteiger partial charge in [-0.3, -0.25) is 4.79 Å². The Hall–Kier alpha value is -0.570. The van der Waals surface area contributed by atoms with Gasteiger partial charge in [-0.1, -0.05) is 20.3 Å². The van der Waals surface area contributed by atoms with E-state index in [0.29, 0.717) is 12.3 Å². The van der Waals surface area contributed by atoms with E-state index in [0.717, 1.165) is 6.42 Å². The van der Waals surface area contributed by atoms with E-state index in [2.05, 4.69) is 4.74 Å². The first-order valence-corrected chi connectivity index (χ1v) is 3.97. The zero-order valence-electron chi connectivity index (χ0n) is 7.17. The Balaban J connectivity index is 3.36. The highest BCUT2D eigenvalue weighted by molar-refractivity contribution is 5.69. The molecule has 3 heteroatoms. The molecule has 0 heterocycles. The van der Waals surface area contributed by atoms with Gasteiger partial charge in [0.05, 0.1) is 6.61 Å². The molecule has 0 aliphatic heterocycles. The molecule has 0 saturated carbocycles. The fourth-order valence-electron chi connectivity index (χ4n) is 0.647. The summed E-state index contributed by atoms with van der Waals surface area (Å²) < 4.78 is 4.67. The Morgan fingerprint density at radius 1 is 1.64 bits per heavy atom. The summed E-state index contributed by atoms with van der Waals surface area (Å²) in [7, 11) is 0. The fraction of sp³-hybridized carbons (Fsp3) is 0.875. The van der Waals surface area contributed by atoms with Gasteiger partial charge >= 0.3 is 5.97 Å². The van der Waals surface area contributed by atoms with E-state index in [1.54, 1.807) is 0 Å². The molecule has 1 N–H and O–H groups in total. The molecular weight excluding hydrogens is 144 g/mol. The number of esters is 1. The molecule has 0 saturated heterocycles. The molecule has 0 aromatic heterocycles. The predicted octanol–water partition coefficient (Wildman–Crippen LogP) is 0.958. The maximum Gasteiger partial charge on any atom is 0.306 e. The Kier molecular flexibility index (Phi) is 5.84. The summed E-state index contributed by atoms with van der Waals surface area (Å²) in [5.41, 5.74) is 0. The summed E-state index contributed by atoms with van der Waals surface area (Å²) in [6.45, 7) is 4.06. The third-order valence-electron chi connectivity index (χ3n) is 1.57. The predicted molar refractivity (Wildman–Crippen MR) is 42.1 cm³/mol. The number of aliphatic hydroxyl groups is 1. The van der Waals surface area contributed by atoms with Crippen molar-refractivity contribution in [1.82, 2.24) is 0 Å². The molecule has 0 aromatic rings. The number of hydrogen-bond acceptors (Lipinski definition) is 3. The Labute approximate surface area is 67.4 Å². The molecular formula is C8H16O3. The molecule has 0 spiro atoms. The van der Waals surface area contributed by atoms with Crippen molar-refractivity contribution >= 4 is 5.97 Å². The summed E-state index contributed by atoms with van der Waals surface area (Å²) in [6, 6.07) is 0. The van der Waals surface area contributed by atoms with E-state index in [9.17, 15) is 4.79 Å². The van der Waals surface area contributed by atoms with Crippen LogP contribution in [0.2, 0.25) is 0 Å². The SMILES string of the molecule is CCC(C)CC(=O)OCCO. The first kappa shape index (κ1) is 10.4. The first-order valence-electron chi connectivity index (χ1n) is 3.97. The van der Waals surface area contributed by atoms with Crippen molar-refractivity contribution in [3.63, 3.8) is 0 Å². The van der Waals surface area contributed by atoms with Crippen molar-refractivity contribution in [3.8, 4) is 0 Å². The summed E-state index contributed by atoms with van der Waals surface area (Å²) in [6.07, 6.45) is 1.44. The van der Waals surface area contributed by atoms with E-state index < -0.39 is 0 Å². The maximum absolute atomic E-state index is 10.8. The molecule has 0 bridgehead atoms. The standard InChI is InChI=1S/C8H16O3/c1-3-7(2)6-8(10)11-5-4-9/h7,9H,3-6H2,1-2H3. The first-order chi connectivity index (χ1) is 5.20. The zero-order chi connectivity index (χ0) is 8.69. The molecule has 0 aliphatic rings. The number of aliphatic hydroxyl groups excluding tert-OH is 1. The number of carbonyl (C=O) groups is 1. The topological polar surface area (TPSA) is 46.5 Å². The van der Waals surface area contributed by atoms with Crippen molar-refractivity contribution in [2.45, 2.75) is 26.7 Å². The minimum absolute atomic E-state index is 0.0910. The fourth-order valence-corrected chi connectivity index (χ4v) is 0.647. The van der Waals surface area contributed by atoms with Gasteiger partial charge in [0.15, 0.2) is 0 Å². The van der Waals surface area contributed by atoms with Gasteiger partial charge in [0.2, 0.25) is 0 Å². The molecule has 66 valence electrons. The molecule has 0 aliphatic carbocycles. The lowest BCUT2D eigenvalue weighted by atomic mass is 10.1. The van der Waals surface area contributed by atoms with Gasteiger partial charge in [-0.15, -0.1) is 0 Å². The van der Waals surface area contributed by atoms with Crippen molar-refractivity contribution in [2.24, 2.45) is 5.92 Å². The summed E-state index contributed by atoms with van der Waals surface area (Å²) in [5.74, 6) is 0.162. The highest BCUT2D eigenvalue weighted by Gasteiger charge is 2.07. The van der Waals surface area contributed by atoms with E-state index in [-0.39, 0.29) is 19.2 Å². The molecule has 0 fully saturated rings. The van der Waals surface area contributed by atoms with Crippen LogP contribution >= 0.6 is 0 Å². The Bertz CT molecular complexity index is 112. The van der Waals surface area contributed by atoms with Gasteiger partial charge in [0.1, 0.15) is 6.61 Å². The van der Waals surface area contributed by atoms with Gasteiger partial charge in [-0.2, -0.15) is 0 Å². The minimum Gasteiger partial charge on any atom is -0.463 e. The largest absolute Gasteiger partial charge is 0.463 e. The lowest BCUT2D eigenvalue weighted by Crippen LogP contribution is -2.11. The number of rotatable bonds is 5. The number of carbonyl (C=O) groups excluding carboxylic acids is 1. The van der Waals surface area contributed by atoms with Crippen LogP contribution in [0, 0.1) is 5.92 Å².